The molecule has 3 nitrogen and oxygen atoms in total. The van der Waals surface area contributed by atoms with Crippen LogP contribution in [0.15, 0.2) is 54.7 Å². The van der Waals surface area contributed by atoms with Crippen LogP contribution in [0.5, 0.6) is 0 Å². The van der Waals surface area contributed by atoms with Crippen molar-refractivity contribution in [3.05, 3.63) is 82.1 Å². The highest BCUT2D eigenvalue weighted by molar-refractivity contribution is 6.30. The summed E-state index contributed by atoms with van der Waals surface area (Å²) in [6.45, 7) is 5.05. The highest BCUT2D eigenvalue weighted by atomic mass is 35.5. The summed E-state index contributed by atoms with van der Waals surface area (Å²) in [6.07, 6.45) is 2.99. The number of hydrogen-bond acceptors (Lipinski definition) is 3. The van der Waals surface area contributed by atoms with Crippen LogP contribution in [-0.4, -0.2) is 21.4 Å². The van der Waals surface area contributed by atoms with Gasteiger partial charge in [-0.25, -0.2) is 9.97 Å². The Labute approximate surface area is 153 Å². The van der Waals surface area contributed by atoms with E-state index in [0.717, 1.165) is 48.2 Å². The van der Waals surface area contributed by atoms with Gasteiger partial charge in [-0.2, -0.15) is 0 Å². The second kappa shape index (κ2) is 6.95. The number of fused-ring (bicyclic) bond motifs is 1. The first kappa shape index (κ1) is 16.2. The van der Waals surface area contributed by atoms with Crippen LogP contribution in [0, 0.1) is 6.92 Å². The van der Waals surface area contributed by atoms with Gasteiger partial charge in [0.2, 0.25) is 0 Å². The minimum Gasteiger partial charge on any atom is -0.293 e. The van der Waals surface area contributed by atoms with Crippen LogP contribution >= 0.6 is 11.6 Å². The lowest BCUT2D eigenvalue weighted by atomic mass is 10.0. The van der Waals surface area contributed by atoms with Crippen LogP contribution in [-0.2, 0) is 19.5 Å². The van der Waals surface area contributed by atoms with Crippen molar-refractivity contribution in [2.75, 3.05) is 6.54 Å². The average Bonchev–Trinajstić information content (AvgIpc) is 2.64. The van der Waals surface area contributed by atoms with Crippen molar-refractivity contribution in [3.63, 3.8) is 0 Å². The van der Waals surface area contributed by atoms with Gasteiger partial charge < -0.3 is 0 Å². The van der Waals surface area contributed by atoms with Gasteiger partial charge in [0.25, 0.3) is 0 Å². The molecule has 3 aromatic rings. The Morgan fingerprint density at radius 1 is 1.08 bits per heavy atom. The first-order chi connectivity index (χ1) is 12.2. The summed E-state index contributed by atoms with van der Waals surface area (Å²) in [5.74, 6) is 0.771. The third kappa shape index (κ3) is 3.58. The van der Waals surface area contributed by atoms with Crippen LogP contribution in [0.3, 0.4) is 0 Å². The molecule has 0 fully saturated rings. The van der Waals surface area contributed by atoms with Gasteiger partial charge in [-0.3, -0.25) is 4.90 Å². The molecule has 1 aliphatic rings. The van der Waals surface area contributed by atoms with Crippen molar-refractivity contribution < 1.29 is 0 Å². The number of aryl methyl sites for hydroxylation is 1. The average molecular weight is 350 g/mol. The Balaban J connectivity index is 1.56. The fourth-order valence-electron chi connectivity index (χ4n) is 3.26. The topological polar surface area (TPSA) is 29.0 Å². The van der Waals surface area contributed by atoms with E-state index in [0.29, 0.717) is 0 Å². The van der Waals surface area contributed by atoms with Gasteiger partial charge in [-0.15, -0.1) is 0 Å². The van der Waals surface area contributed by atoms with Crippen molar-refractivity contribution in [1.82, 2.24) is 14.9 Å². The molecule has 0 amide bonds. The molecule has 1 aliphatic heterocycles. The lowest BCUT2D eigenvalue weighted by Crippen LogP contribution is -2.31. The highest BCUT2D eigenvalue weighted by Gasteiger charge is 2.19. The van der Waals surface area contributed by atoms with E-state index in [4.69, 9.17) is 16.6 Å². The zero-order valence-electron chi connectivity index (χ0n) is 14.2. The molecule has 0 saturated carbocycles. The first-order valence-corrected chi connectivity index (χ1v) is 8.94. The standard InChI is InChI=1S/C21H20ClN3/c1-15-4-2-3-5-18(15)13-25-11-10-17-12-23-21(24-20(17)14-25)16-6-8-19(22)9-7-16/h2-9,12H,10-11,13-14H2,1H3. The van der Waals surface area contributed by atoms with Gasteiger partial charge in [0.05, 0.1) is 5.69 Å². The van der Waals surface area contributed by atoms with Gasteiger partial charge in [0.1, 0.15) is 0 Å². The Morgan fingerprint density at radius 3 is 2.68 bits per heavy atom. The monoisotopic (exact) mass is 349 g/mol. The number of nitrogens with zero attached hydrogens (tertiary/aromatic N) is 3. The predicted molar refractivity (Wildman–Crippen MR) is 101 cm³/mol. The number of hydrogen-bond donors (Lipinski definition) is 0. The Bertz CT molecular complexity index is 890. The molecule has 0 radical (unpaired) electrons. The van der Waals surface area contributed by atoms with Crippen LogP contribution in [0.25, 0.3) is 11.4 Å². The summed E-state index contributed by atoms with van der Waals surface area (Å²) < 4.78 is 0. The van der Waals surface area contributed by atoms with E-state index in [1.807, 2.05) is 30.5 Å². The molecular formula is C21H20ClN3. The Hall–Kier alpha value is -2.23. The maximum Gasteiger partial charge on any atom is 0.159 e. The molecule has 0 aliphatic carbocycles. The van der Waals surface area contributed by atoms with Gasteiger partial charge in [-0.05, 0) is 54.3 Å². The van der Waals surface area contributed by atoms with Gasteiger partial charge in [-0.1, -0.05) is 35.9 Å². The van der Waals surface area contributed by atoms with Crippen LogP contribution < -0.4 is 0 Å². The smallest absolute Gasteiger partial charge is 0.159 e. The maximum atomic E-state index is 5.98. The van der Waals surface area contributed by atoms with Crippen LogP contribution in [0.2, 0.25) is 5.02 Å². The molecule has 0 atom stereocenters. The summed E-state index contributed by atoms with van der Waals surface area (Å²) in [6, 6.07) is 16.3. The molecule has 0 bridgehead atoms. The molecule has 126 valence electrons. The van der Waals surface area contributed by atoms with E-state index in [1.54, 1.807) is 0 Å². The molecule has 0 N–H and O–H groups in total. The van der Waals surface area contributed by atoms with Gasteiger partial charge in [0, 0.05) is 36.4 Å². The van der Waals surface area contributed by atoms with Crippen molar-refractivity contribution in [2.24, 2.45) is 0 Å². The minimum atomic E-state index is 0.728. The fourth-order valence-corrected chi connectivity index (χ4v) is 3.38. The zero-order valence-corrected chi connectivity index (χ0v) is 15.0. The number of halogens is 1. The lowest BCUT2D eigenvalue weighted by Gasteiger charge is -2.28. The third-order valence-corrected chi connectivity index (χ3v) is 5.03. The first-order valence-electron chi connectivity index (χ1n) is 8.56. The van der Waals surface area contributed by atoms with Crippen molar-refractivity contribution in [3.8, 4) is 11.4 Å². The molecule has 2 aromatic carbocycles. The molecule has 4 heteroatoms. The van der Waals surface area contributed by atoms with E-state index >= 15 is 0 Å². The summed E-state index contributed by atoms with van der Waals surface area (Å²) in [4.78, 5) is 11.8. The summed E-state index contributed by atoms with van der Waals surface area (Å²) in [5.41, 5.74) is 6.14. The summed E-state index contributed by atoms with van der Waals surface area (Å²) in [5, 5.41) is 0.728. The lowest BCUT2D eigenvalue weighted by molar-refractivity contribution is 0.241. The Kier molecular flexibility index (Phi) is 4.51. The molecule has 1 aromatic heterocycles. The minimum absolute atomic E-state index is 0.728. The van der Waals surface area contributed by atoms with E-state index in [9.17, 15) is 0 Å². The summed E-state index contributed by atoms with van der Waals surface area (Å²) in [7, 11) is 0. The van der Waals surface area contributed by atoms with Crippen LogP contribution in [0.1, 0.15) is 22.4 Å². The number of benzene rings is 2. The molecule has 2 heterocycles. The number of aromatic nitrogens is 2. The van der Waals surface area contributed by atoms with E-state index in [2.05, 4.69) is 41.1 Å². The van der Waals surface area contributed by atoms with Crippen molar-refractivity contribution in [1.29, 1.82) is 0 Å². The van der Waals surface area contributed by atoms with E-state index < -0.39 is 0 Å². The third-order valence-electron chi connectivity index (χ3n) is 4.78. The fraction of sp³-hybridized carbons (Fsp3) is 0.238. The maximum absolute atomic E-state index is 5.98. The molecule has 4 rings (SSSR count). The van der Waals surface area contributed by atoms with E-state index in [1.165, 1.54) is 16.7 Å². The molecule has 0 unspecified atom stereocenters. The van der Waals surface area contributed by atoms with Crippen molar-refractivity contribution in [2.45, 2.75) is 26.4 Å². The highest BCUT2D eigenvalue weighted by Crippen LogP contribution is 2.23. The van der Waals surface area contributed by atoms with Crippen LogP contribution in [0.4, 0.5) is 0 Å². The number of rotatable bonds is 3. The molecule has 0 saturated heterocycles. The molecule has 0 spiro atoms. The summed E-state index contributed by atoms with van der Waals surface area (Å²) >= 11 is 5.98. The zero-order chi connectivity index (χ0) is 17.2. The quantitative estimate of drug-likeness (QED) is 0.688. The Morgan fingerprint density at radius 2 is 1.88 bits per heavy atom. The normalized spacial score (nSPS) is 14.3. The van der Waals surface area contributed by atoms with Gasteiger partial charge >= 0.3 is 0 Å². The predicted octanol–water partition coefficient (Wildman–Crippen LogP) is 4.66. The largest absolute Gasteiger partial charge is 0.293 e. The second-order valence-corrected chi connectivity index (χ2v) is 7.00. The van der Waals surface area contributed by atoms with Gasteiger partial charge in [0.15, 0.2) is 5.82 Å². The van der Waals surface area contributed by atoms with E-state index in [-0.39, 0.29) is 0 Å². The molecular weight excluding hydrogens is 330 g/mol. The van der Waals surface area contributed by atoms with Crippen molar-refractivity contribution >= 4 is 11.6 Å². The molecule has 25 heavy (non-hydrogen) atoms. The second-order valence-electron chi connectivity index (χ2n) is 6.56. The SMILES string of the molecule is Cc1ccccc1CN1CCc2cnc(-c3ccc(Cl)cc3)nc2C1.